The number of ether oxygens (including phenoxy) is 1. The highest BCUT2D eigenvalue weighted by Gasteiger charge is 2.22. The van der Waals surface area contributed by atoms with E-state index in [9.17, 15) is 9.59 Å². The third-order valence-electron chi connectivity index (χ3n) is 3.86. The minimum absolute atomic E-state index is 0.0646. The normalized spacial score (nSPS) is 15.8. The van der Waals surface area contributed by atoms with Gasteiger partial charge in [-0.25, -0.2) is 0 Å². The van der Waals surface area contributed by atoms with Gasteiger partial charge in [-0.1, -0.05) is 45.4 Å². The number of carbonyl (C=O) groups is 2. The van der Waals surface area contributed by atoms with Crippen molar-refractivity contribution in [2.75, 3.05) is 13.2 Å². The highest BCUT2D eigenvalue weighted by molar-refractivity contribution is 5.76. The molecule has 20 heavy (non-hydrogen) atoms. The summed E-state index contributed by atoms with van der Waals surface area (Å²) in [5, 5.41) is 2.80. The monoisotopic (exact) mass is 283 g/mol. The molecule has 1 rings (SSSR count). The van der Waals surface area contributed by atoms with E-state index in [4.69, 9.17) is 4.74 Å². The number of rotatable bonds is 9. The van der Waals surface area contributed by atoms with E-state index in [1.165, 1.54) is 19.3 Å². The molecular weight excluding hydrogens is 254 g/mol. The van der Waals surface area contributed by atoms with Crippen LogP contribution < -0.4 is 5.32 Å². The third-order valence-corrected chi connectivity index (χ3v) is 3.86. The van der Waals surface area contributed by atoms with Crippen LogP contribution in [0.4, 0.5) is 0 Å². The Morgan fingerprint density at radius 1 is 1.10 bits per heavy atom. The zero-order valence-electron chi connectivity index (χ0n) is 12.8. The summed E-state index contributed by atoms with van der Waals surface area (Å²) in [6.07, 6.45) is 10.4. The minimum Gasteiger partial charge on any atom is -0.464 e. The van der Waals surface area contributed by atoms with Crippen LogP contribution in [-0.4, -0.2) is 25.0 Å². The van der Waals surface area contributed by atoms with Crippen LogP contribution in [0.1, 0.15) is 71.1 Å². The molecule has 1 aliphatic carbocycles. The first-order valence-electron chi connectivity index (χ1n) is 8.17. The van der Waals surface area contributed by atoms with E-state index in [-0.39, 0.29) is 17.8 Å². The first-order valence-corrected chi connectivity index (χ1v) is 8.17. The zero-order chi connectivity index (χ0) is 14.6. The van der Waals surface area contributed by atoms with Crippen molar-refractivity contribution in [2.45, 2.75) is 71.1 Å². The van der Waals surface area contributed by atoms with Gasteiger partial charge in [0.05, 0.1) is 12.5 Å². The number of unbranched alkanes of at least 4 members (excludes halogenated alkanes) is 3. The van der Waals surface area contributed by atoms with Gasteiger partial charge in [-0.2, -0.15) is 0 Å². The molecule has 0 saturated heterocycles. The van der Waals surface area contributed by atoms with E-state index in [0.29, 0.717) is 19.6 Å². The molecule has 0 spiro atoms. The van der Waals surface area contributed by atoms with E-state index in [0.717, 1.165) is 38.5 Å². The molecule has 1 amide bonds. The molecule has 1 fully saturated rings. The molecule has 4 heteroatoms. The van der Waals surface area contributed by atoms with Gasteiger partial charge in [0, 0.05) is 6.42 Å². The molecule has 0 unspecified atom stereocenters. The molecule has 4 nitrogen and oxygen atoms in total. The second kappa shape index (κ2) is 10.7. The summed E-state index contributed by atoms with van der Waals surface area (Å²) in [5.41, 5.74) is 0. The van der Waals surface area contributed by atoms with Gasteiger partial charge in [-0.15, -0.1) is 0 Å². The second-order valence-corrected chi connectivity index (χ2v) is 5.66. The molecule has 0 radical (unpaired) electrons. The van der Waals surface area contributed by atoms with Crippen molar-refractivity contribution in [2.24, 2.45) is 5.92 Å². The van der Waals surface area contributed by atoms with Crippen molar-refractivity contribution in [3.63, 3.8) is 0 Å². The molecule has 1 aliphatic rings. The van der Waals surface area contributed by atoms with Crippen LogP contribution in [0.15, 0.2) is 0 Å². The maximum Gasteiger partial charge on any atom is 0.308 e. The van der Waals surface area contributed by atoms with Gasteiger partial charge in [0.1, 0.15) is 6.61 Å². The summed E-state index contributed by atoms with van der Waals surface area (Å²) in [4.78, 5) is 23.3. The molecular formula is C16H29NO3. The fourth-order valence-corrected chi connectivity index (χ4v) is 2.60. The summed E-state index contributed by atoms with van der Waals surface area (Å²) in [5.74, 6) is 0.0743. The lowest BCUT2D eigenvalue weighted by Crippen LogP contribution is -2.29. The number of hydrogen-bond donors (Lipinski definition) is 1. The standard InChI is InChI=1S/C16H29NO3/c1-2-3-4-8-11-15(18)17-12-13-20-16(19)14-9-6-5-7-10-14/h14H,2-13H2,1H3,(H,17,18). The van der Waals surface area contributed by atoms with Crippen molar-refractivity contribution < 1.29 is 14.3 Å². The van der Waals surface area contributed by atoms with Gasteiger partial charge < -0.3 is 10.1 Å². The third kappa shape index (κ3) is 7.51. The predicted molar refractivity (Wildman–Crippen MR) is 79.3 cm³/mol. The molecule has 0 atom stereocenters. The molecule has 0 aromatic heterocycles. The van der Waals surface area contributed by atoms with Gasteiger partial charge in [0.25, 0.3) is 0 Å². The SMILES string of the molecule is CCCCCCC(=O)NCCOC(=O)C1CCCCC1. The Morgan fingerprint density at radius 2 is 1.85 bits per heavy atom. The average molecular weight is 283 g/mol. The summed E-state index contributed by atoms with van der Waals surface area (Å²) in [7, 11) is 0. The first-order chi connectivity index (χ1) is 9.74. The van der Waals surface area contributed by atoms with Crippen molar-refractivity contribution in [3.8, 4) is 0 Å². The van der Waals surface area contributed by atoms with E-state index >= 15 is 0 Å². The van der Waals surface area contributed by atoms with Gasteiger partial charge in [-0.3, -0.25) is 9.59 Å². The van der Waals surface area contributed by atoms with Crippen LogP contribution in [0, 0.1) is 5.92 Å². The Hall–Kier alpha value is -1.06. The second-order valence-electron chi connectivity index (χ2n) is 5.66. The largest absolute Gasteiger partial charge is 0.464 e. The first kappa shape index (κ1) is 17.0. The van der Waals surface area contributed by atoms with Crippen molar-refractivity contribution in [1.29, 1.82) is 0 Å². The molecule has 0 aromatic rings. The summed E-state index contributed by atoms with van der Waals surface area (Å²) >= 11 is 0. The van der Waals surface area contributed by atoms with Crippen LogP contribution in [0.25, 0.3) is 0 Å². The zero-order valence-corrected chi connectivity index (χ0v) is 12.8. The Kier molecular flexibility index (Phi) is 9.09. The molecule has 1 N–H and O–H groups in total. The lowest BCUT2D eigenvalue weighted by atomic mass is 9.89. The average Bonchev–Trinajstić information content (AvgIpc) is 2.49. The molecule has 116 valence electrons. The molecule has 0 heterocycles. The van der Waals surface area contributed by atoms with E-state index in [1.54, 1.807) is 0 Å². The quantitative estimate of drug-likeness (QED) is 0.522. The van der Waals surface area contributed by atoms with Crippen molar-refractivity contribution in [1.82, 2.24) is 5.32 Å². The van der Waals surface area contributed by atoms with Crippen molar-refractivity contribution >= 4 is 11.9 Å². The topological polar surface area (TPSA) is 55.4 Å². The Labute approximate surface area is 122 Å². The Morgan fingerprint density at radius 3 is 2.55 bits per heavy atom. The predicted octanol–water partition coefficient (Wildman–Crippen LogP) is 3.20. The molecule has 0 bridgehead atoms. The number of hydrogen-bond acceptors (Lipinski definition) is 3. The van der Waals surface area contributed by atoms with Crippen LogP contribution >= 0.6 is 0 Å². The van der Waals surface area contributed by atoms with Gasteiger partial charge in [0.2, 0.25) is 5.91 Å². The maximum absolute atomic E-state index is 11.8. The van der Waals surface area contributed by atoms with Crippen LogP contribution in [0.2, 0.25) is 0 Å². The lowest BCUT2D eigenvalue weighted by Gasteiger charge is -2.19. The van der Waals surface area contributed by atoms with Gasteiger partial charge in [0.15, 0.2) is 0 Å². The number of amides is 1. The highest BCUT2D eigenvalue weighted by Crippen LogP contribution is 2.24. The van der Waals surface area contributed by atoms with Crippen LogP contribution in [0.5, 0.6) is 0 Å². The summed E-state index contributed by atoms with van der Waals surface area (Å²) in [6, 6.07) is 0. The fourth-order valence-electron chi connectivity index (χ4n) is 2.60. The highest BCUT2D eigenvalue weighted by atomic mass is 16.5. The number of nitrogens with one attached hydrogen (secondary N) is 1. The minimum atomic E-state index is -0.0816. The van der Waals surface area contributed by atoms with E-state index in [1.807, 2.05) is 0 Å². The maximum atomic E-state index is 11.8. The van der Waals surface area contributed by atoms with Crippen LogP contribution in [0.3, 0.4) is 0 Å². The fraction of sp³-hybridized carbons (Fsp3) is 0.875. The smallest absolute Gasteiger partial charge is 0.308 e. The molecule has 0 aromatic carbocycles. The summed E-state index contributed by atoms with van der Waals surface area (Å²) in [6.45, 7) is 2.89. The Balaban J connectivity index is 1.97. The number of esters is 1. The van der Waals surface area contributed by atoms with Gasteiger partial charge >= 0.3 is 5.97 Å². The van der Waals surface area contributed by atoms with E-state index < -0.39 is 0 Å². The summed E-state index contributed by atoms with van der Waals surface area (Å²) < 4.78 is 5.22. The lowest BCUT2D eigenvalue weighted by molar-refractivity contribution is -0.149. The van der Waals surface area contributed by atoms with Gasteiger partial charge in [-0.05, 0) is 19.3 Å². The number of carbonyl (C=O) groups excluding carboxylic acids is 2. The molecule has 0 aliphatic heterocycles. The molecule has 1 saturated carbocycles. The van der Waals surface area contributed by atoms with Crippen LogP contribution in [-0.2, 0) is 14.3 Å². The Bertz CT molecular complexity index is 285. The van der Waals surface area contributed by atoms with E-state index in [2.05, 4.69) is 12.2 Å². The van der Waals surface area contributed by atoms with Crippen molar-refractivity contribution in [3.05, 3.63) is 0 Å².